The molecule has 0 spiro atoms. The van der Waals surface area contributed by atoms with E-state index < -0.39 is 6.04 Å². The van der Waals surface area contributed by atoms with Crippen LogP contribution in [-0.4, -0.2) is 48.4 Å². The van der Waals surface area contributed by atoms with Gasteiger partial charge in [0.15, 0.2) is 0 Å². The quantitative estimate of drug-likeness (QED) is 0.845. The maximum Gasteiger partial charge on any atom is 0.328 e. The Labute approximate surface area is 147 Å². The third kappa shape index (κ3) is 4.00. The number of hydrogen-bond acceptors (Lipinski definition) is 4. The largest absolute Gasteiger partial charge is 0.464 e. The normalized spacial score (nSPS) is 23.3. The summed E-state index contributed by atoms with van der Waals surface area (Å²) >= 11 is 0. The molecule has 2 fully saturated rings. The van der Waals surface area contributed by atoms with Crippen molar-refractivity contribution in [1.82, 2.24) is 10.2 Å². The van der Waals surface area contributed by atoms with Gasteiger partial charge in [-0.3, -0.25) is 9.59 Å². The second-order valence-corrected chi connectivity index (χ2v) is 6.98. The van der Waals surface area contributed by atoms with E-state index in [1.807, 2.05) is 32.0 Å². The molecule has 0 aromatic heterocycles. The minimum atomic E-state index is -0.544. The molecule has 2 heterocycles. The van der Waals surface area contributed by atoms with E-state index >= 15 is 0 Å². The molecule has 2 saturated heterocycles. The molecule has 2 amide bonds. The molecule has 25 heavy (non-hydrogen) atoms. The first-order valence-electron chi connectivity index (χ1n) is 8.78. The Morgan fingerprint density at radius 3 is 2.52 bits per heavy atom. The van der Waals surface area contributed by atoms with Crippen LogP contribution in [-0.2, 0) is 14.3 Å². The average molecular weight is 344 g/mol. The van der Waals surface area contributed by atoms with Crippen LogP contribution in [0.3, 0.4) is 0 Å². The van der Waals surface area contributed by atoms with Gasteiger partial charge < -0.3 is 15.0 Å². The molecule has 0 bridgehead atoms. The summed E-state index contributed by atoms with van der Waals surface area (Å²) in [6.45, 7) is 5.33. The van der Waals surface area contributed by atoms with Crippen LogP contribution in [0.2, 0.25) is 0 Å². The number of likely N-dealkylation sites (tertiary alicyclic amines) is 1. The van der Waals surface area contributed by atoms with Crippen molar-refractivity contribution in [3.63, 3.8) is 0 Å². The summed E-state index contributed by atoms with van der Waals surface area (Å²) in [7, 11) is 0. The molecule has 6 nitrogen and oxygen atoms in total. The summed E-state index contributed by atoms with van der Waals surface area (Å²) in [4.78, 5) is 38.5. The number of nitrogens with zero attached hydrogens (tertiary/aromatic N) is 1. The standard InChI is InChI=1S/C19H24N2O4/c1-12-8-13(2)10-15(9-12)18(23)21-6-3-4-14(11-21)17(22)20-16-5-7-25-19(16)24/h8-10,14,16H,3-7,11H2,1-2H3,(H,20,22)/t14-,16-/m0/s1. The van der Waals surface area contributed by atoms with Gasteiger partial charge in [0.2, 0.25) is 5.91 Å². The van der Waals surface area contributed by atoms with Crippen LogP contribution >= 0.6 is 0 Å². The lowest BCUT2D eigenvalue weighted by molar-refractivity contribution is -0.142. The molecule has 2 aliphatic rings. The molecule has 1 aromatic carbocycles. The van der Waals surface area contributed by atoms with Crippen LogP contribution in [0.4, 0.5) is 0 Å². The summed E-state index contributed by atoms with van der Waals surface area (Å²) in [5.74, 6) is -0.851. The van der Waals surface area contributed by atoms with Gasteiger partial charge in [0.05, 0.1) is 12.5 Å². The number of amides is 2. The number of cyclic esters (lactones) is 1. The van der Waals surface area contributed by atoms with Crippen LogP contribution in [0.1, 0.15) is 40.7 Å². The second kappa shape index (κ2) is 7.25. The highest BCUT2D eigenvalue weighted by Gasteiger charge is 2.33. The zero-order valence-electron chi connectivity index (χ0n) is 14.7. The number of rotatable bonds is 3. The highest BCUT2D eigenvalue weighted by Crippen LogP contribution is 2.21. The van der Waals surface area contributed by atoms with Crippen LogP contribution in [0.15, 0.2) is 18.2 Å². The van der Waals surface area contributed by atoms with Crippen molar-refractivity contribution in [2.24, 2.45) is 5.92 Å². The smallest absolute Gasteiger partial charge is 0.328 e. The van der Waals surface area contributed by atoms with Crippen LogP contribution in [0.25, 0.3) is 0 Å². The van der Waals surface area contributed by atoms with Gasteiger partial charge >= 0.3 is 5.97 Å². The van der Waals surface area contributed by atoms with Crippen LogP contribution < -0.4 is 5.32 Å². The number of nitrogens with one attached hydrogen (secondary N) is 1. The Bertz CT molecular complexity index is 680. The first-order valence-corrected chi connectivity index (χ1v) is 8.78. The Balaban J connectivity index is 1.65. The molecule has 2 aliphatic heterocycles. The number of ether oxygens (including phenoxy) is 1. The van der Waals surface area contributed by atoms with Gasteiger partial charge in [0, 0.05) is 25.1 Å². The summed E-state index contributed by atoms with van der Waals surface area (Å²) < 4.78 is 4.88. The zero-order valence-corrected chi connectivity index (χ0v) is 14.7. The van der Waals surface area contributed by atoms with E-state index in [2.05, 4.69) is 5.32 Å². The lowest BCUT2D eigenvalue weighted by atomic mass is 9.95. The molecule has 0 aliphatic carbocycles. The Morgan fingerprint density at radius 2 is 1.88 bits per heavy atom. The van der Waals surface area contributed by atoms with Crippen molar-refractivity contribution in [3.05, 3.63) is 34.9 Å². The van der Waals surface area contributed by atoms with Gasteiger partial charge in [-0.25, -0.2) is 4.79 Å². The van der Waals surface area contributed by atoms with Gasteiger partial charge in [0.1, 0.15) is 6.04 Å². The van der Waals surface area contributed by atoms with Crippen molar-refractivity contribution in [3.8, 4) is 0 Å². The fraction of sp³-hybridized carbons (Fsp3) is 0.526. The zero-order chi connectivity index (χ0) is 18.0. The molecule has 0 unspecified atom stereocenters. The van der Waals surface area contributed by atoms with Gasteiger partial charge in [-0.1, -0.05) is 17.2 Å². The van der Waals surface area contributed by atoms with Crippen LogP contribution in [0, 0.1) is 19.8 Å². The fourth-order valence-electron chi connectivity index (χ4n) is 3.57. The topological polar surface area (TPSA) is 75.7 Å². The number of esters is 1. The molecule has 1 N–H and O–H groups in total. The maximum absolute atomic E-state index is 12.8. The minimum absolute atomic E-state index is 0.0374. The summed E-state index contributed by atoms with van der Waals surface area (Å²) in [5.41, 5.74) is 2.77. The van der Waals surface area contributed by atoms with Crippen LogP contribution in [0.5, 0.6) is 0 Å². The van der Waals surface area contributed by atoms with E-state index in [1.54, 1.807) is 4.90 Å². The van der Waals surface area contributed by atoms with Gasteiger partial charge in [-0.05, 0) is 38.8 Å². The predicted molar refractivity (Wildman–Crippen MR) is 92.1 cm³/mol. The molecule has 1 aromatic rings. The molecule has 0 radical (unpaired) electrons. The van der Waals surface area contributed by atoms with E-state index in [9.17, 15) is 14.4 Å². The Morgan fingerprint density at radius 1 is 1.16 bits per heavy atom. The van der Waals surface area contributed by atoms with Gasteiger partial charge in [0.25, 0.3) is 5.91 Å². The number of carbonyl (C=O) groups excluding carboxylic acids is 3. The Hall–Kier alpha value is -2.37. The number of benzene rings is 1. The average Bonchev–Trinajstić information content (AvgIpc) is 2.98. The molecular formula is C19H24N2O4. The van der Waals surface area contributed by atoms with E-state index in [0.717, 1.165) is 24.0 Å². The molecular weight excluding hydrogens is 320 g/mol. The maximum atomic E-state index is 12.8. The van der Waals surface area contributed by atoms with Crippen molar-refractivity contribution in [1.29, 1.82) is 0 Å². The highest BCUT2D eigenvalue weighted by molar-refractivity contribution is 5.95. The lowest BCUT2D eigenvalue weighted by Crippen LogP contribution is -2.48. The second-order valence-electron chi connectivity index (χ2n) is 6.98. The van der Waals surface area contributed by atoms with Crippen molar-refractivity contribution < 1.29 is 19.1 Å². The summed E-state index contributed by atoms with van der Waals surface area (Å²) in [6.07, 6.45) is 2.02. The van der Waals surface area contributed by atoms with Crippen molar-refractivity contribution in [2.45, 2.75) is 39.2 Å². The lowest BCUT2D eigenvalue weighted by Gasteiger charge is -2.32. The van der Waals surface area contributed by atoms with E-state index in [-0.39, 0.29) is 23.7 Å². The van der Waals surface area contributed by atoms with E-state index in [0.29, 0.717) is 31.7 Å². The fourth-order valence-corrected chi connectivity index (χ4v) is 3.57. The first kappa shape index (κ1) is 17.5. The van der Waals surface area contributed by atoms with E-state index in [1.165, 1.54) is 0 Å². The summed E-state index contributed by atoms with van der Waals surface area (Å²) in [6, 6.07) is 5.25. The third-order valence-corrected chi connectivity index (χ3v) is 4.80. The van der Waals surface area contributed by atoms with Crippen molar-refractivity contribution >= 4 is 17.8 Å². The molecule has 6 heteroatoms. The first-order chi connectivity index (χ1) is 11.9. The van der Waals surface area contributed by atoms with E-state index in [4.69, 9.17) is 4.74 Å². The third-order valence-electron chi connectivity index (χ3n) is 4.80. The number of piperidine rings is 1. The molecule has 2 atom stereocenters. The molecule has 0 saturated carbocycles. The number of aryl methyl sites for hydroxylation is 2. The van der Waals surface area contributed by atoms with Crippen molar-refractivity contribution in [2.75, 3.05) is 19.7 Å². The van der Waals surface area contributed by atoms with Gasteiger partial charge in [-0.15, -0.1) is 0 Å². The predicted octanol–water partition coefficient (Wildman–Crippen LogP) is 1.59. The number of hydrogen-bond donors (Lipinski definition) is 1. The molecule has 134 valence electrons. The van der Waals surface area contributed by atoms with Gasteiger partial charge in [-0.2, -0.15) is 0 Å². The Kier molecular flexibility index (Phi) is 5.06. The minimum Gasteiger partial charge on any atom is -0.464 e. The highest BCUT2D eigenvalue weighted by atomic mass is 16.5. The molecule has 3 rings (SSSR count). The monoisotopic (exact) mass is 344 g/mol. The number of carbonyl (C=O) groups is 3. The summed E-state index contributed by atoms with van der Waals surface area (Å²) in [5, 5.41) is 2.76. The SMILES string of the molecule is Cc1cc(C)cc(C(=O)N2CCC[C@H](C(=O)N[C@H]3CCOC3=O)C2)c1.